The molecule has 0 aliphatic heterocycles. The molecule has 0 saturated heterocycles. The summed E-state index contributed by atoms with van der Waals surface area (Å²) in [5.74, 6) is 4.54. The van der Waals surface area contributed by atoms with Crippen molar-refractivity contribution in [1.29, 1.82) is 5.26 Å². The first-order valence-corrected chi connectivity index (χ1v) is 7.09. The van der Waals surface area contributed by atoms with Gasteiger partial charge in [-0.3, -0.25) is 0 Å². The molecular formula is C14H14ClN7O2. The van der Waals surface area contributed by atoms with E-state index in [9.17, 15) is 10.1 Å². The Morgan fingerprint density at radius 2 is 2.12 bits per heavy atom. The number of carbonyl (C=O) groups excluding carboxylic acids is 1. The van der Waals surface area contributed by atoms with Crippen LogP contribution in [0.3, 0.4) is 0 Å². The van der Waals surface area contributed by atoms with Crippen LogP contribution in [-0.2, 0) is 9.53 Å². The highest BCUT2D eigenvalue weighted by Gasteiger charge is 2.26. The molecule has 0 unspecified atom stereocenters. The van der Waals surface area contributed by atoms with E-state index < -0.39 is 11.9 Å². The van der Waals surface area contributed by atoms with Crippen molar-refractivity contribution < 1.29 is 9.53 Å². The van der Waals surface area contributed by atoms with Gasteiger partial charge in [-0.25, -0.2) is 14.9 Å². The van der Waals surface area contributed by atoms with Gasteiger partial charge in [0.1, 0.15) is 5.92 Å². The number of hydrogen-bond donors (Lipinski definition) is 2. The van der Waals surface area contributed by atoms with Gasteiger partial charge in [0.15, 0.2) is 11.5 Å². The van der Waals surface area contributed by atoms with Crippen molar-refractivity contribution in [2.45, 2.75) is 12.8 Å². The van der Waals surface area contributed by atoms with E-state index in [2.05, 4.69) is 20.7 Å². The summed E-state index contributed by atoms with van der Waals surface area (Å²) in [4.78, 5) is 12.0. The van der Waals surface area contributed by atoms with E-state index in [1.807, 2.05) is 6.07 Å². The zero-order valence-electron chi connectivity index (χ0n) is 12.9. The van der Waals surface area contributed by atoms with Gasteiger partial charge >= 0.3 is 5.97 Å². The zero-order valence-corrected chi connectivity index (χ0v) is 13.7. The Balaban J connectivity index is 2.37. The summed E-state index contributed by atoms with van der Waals surface area (Å²) < 4.78 is 5.86. The molecule has 0 aliphatic rings. The Morgan fingerprint density at radius 3 is 2.62 bits per heavy atom. The third-order valence-corrected chi connectivity index (χ3v) is 3.40. The monoisotopic (exact) mass is 347 g/mol. The molecule has 1 atom stereocenters. The Kier molecular flexibility index (Phi) is 5.34. The van der Waals surface area contributed by atoms with Crippen LogP contribution in [0.15, 0.2) is 29.4 Å². The Bertz CT molecular complexity index is 808. The number of nitrogens with two attached hydrogens (primary N) is 1. The summed E-state index contributed by atoms with van der Waals surface area (Å²) in [7, 11) is 1.20. The molecule has 124 valence electrons. The normalized spacial score (nSPS) is 12.3. The largest absolute Gasteiger partial charge is 0.464 e. The molecule has 0 bridgehead atoms. The van der Waals surface area contributed by atoms with Gasteiger partial charge < -0.3 is 10.6 Å². The molecule has 0 saturated carbocycles. The SMILES string of the molecule is COC(=O)/C(=N\Nc1nnc(C)n1N)[C@@H](C#N)c1ccc(Cl)cc1. The van der Waals surface area contributed by atoms with Crippen LogP contribution in [-0.4, -0.2) is 33.7 Å². The molecule has 1 heterocycles. The molecule has 3 N–H and O–H groups in total. The maximum atomic E-state index is 12.0. The molecule has 1 aromatic heterocycles. The van der Waals surface area contributed by atoms with E-state index in [-0.39, 0.29) is 11.7 Å². The Labute approximate surface area is 142 Å². The smallest absolute Gasteiger partial charge is 0.355 e. The molecule has 0 aliphatic carbocycles. The summed E-state index contributed by atoms with van der Waals surface area (Å²) >= 11 is 5.84. The fourth-order valence-electron chi connectivity index (χ4n) is 1.84. The average molecular weight is 348 g/mol. The predicted octanol–water partition coefficient (Wildman–Crippen LogP) is 1.20. The number of anilines is 1. The fourth-order valence-corrected chi connectivity index (χ4v) is 1.96. The van der Waals surface area contributed by atoms with Gasteiger partial charge in [-0.2, -0.15) is 10.4 Å². The Morgan fingerprint density at radius 1 is 1.46 bits per heavy atom. The number of benzene rings is 1. The molecule has 0 fully saturated rings. The molecule has 24 heavy (non-hydrogen) atoms. The van der Waals surface area contributed by atoms with Crippen LogP contribution in [0.2, 0.25) is 5.02 Å². The summed E-state index contributed by atoms with van der Waals surface area (Å²) in [5.41, 5.74) is 2.91. The van der Waals surface area contributed by atoms with Crippen molar-refractivity contribution in [3.8, 4) is 6.07 Å². The van der Waals surface area contributed by atoms with Crippen LogP contribution >= 0.6 is 11.6 Å². The highest BCUT2D eigenvalue weighted by atomic mass is 35.5. The van der Waals surface area contributed by atoms with E-state index in [1.165, 1.54) is 7.11 Å². The second kappa shape index (κ2) is 7.43. The van der Waals surface area contributed by atoms with Crippen LogP contribution in [0.4, 0.5) is 5.95 Å². The van der Waals surface area contributed by atoms with Crippen molar-refractivity contribution in [3.05, 3.63) is 40.7 Å². The molecule has 0 spiro atoms. The first-order chi connectivity index (χ1) is 11.5. The number of carbonyl (C=O) groups is 1. The number of rotatable bonds is 5. The highest BCUT2D eigenvalue weighted by Crippen LogP contribution is 2.20. The molecule has 9 nitrogen and oxygen atoms in total. The van der Waals surface area contributed by atoms with Crippen molar-refractivity contribution >= 4 is 29.2 Å². The summed E-state index contributed by atoms with van der Waals surface area (Å²) in [6.07, 6.45) is 0. The lowest BCUT2D eigenvalue weighted by Crippen LogP contribution is -2.25. The maximum absolute atomic E-state index is 12.0. The second-order valence-corrected chi connectivity index (χ2v) is 5.09. The third-order valence-electron chi connectivity index (χ3n) is 3.14. The van der Waals surface area contributed by atoms with E-state index >= 15 is 0 Å². The van der Waals surface area contributed by atoms with Gasteiger partial charge in [0.2, 0.25) is 0 Å². The number of hydrogen-bond acceptors (Lipinski definition) is 8. The topological polar surface area (TPSA) is 131 Å². The molecule has 1 aromatic carbocycles. The van der Waals surface area contributed by atoms with Crippen LogP contribution in [0, 0.1) is 18.3 Å². The van der Waals surface area contributed by atoms with E-state index in [0.29, 0.717) is 16.4 Å². The van der Waals surface area contributed by atoms with Crippen molar-refractivity contribution in [1.82, 2.24) is 14.9 Å². The van der Waals surface area contributed by atoms with Gasteiger partial charge in [-0.15, -0.1) is 10.2 Å². The van der Waals surface area contributed by atoms with E-state index in [4.69, 9.17) is 22.2 Å². The highest BCUT2D eigenvalue weighted by molar-refractivity contribution is 6.39. The third kappa shape index (κ3) is 3.61. The van der Waals surface area contributed by atoms with Gasteiger partial charge in [0.05, 0.1) is 13.2 Å². The standard InChI is InChI=1S/C14H14ClN7O2/c1-8-18-20-14(22(8)17)21-19-12(13(23)24-2)11(7-16)9-3-5-10(15)6-4-9/h3-6,11H,17H2,1-2H3,(H,20,21)/b19-12-/t11-/m0/s1. The summed E-state index contributed by atoms with van der Waals surface area (Å²) in [6.45, 7) is 1.65. The van der Waals surface area contributed by atoms with Crippen molar-refractivity contribution in [2.24, 2.45) is 5.10 Å². The number of aryl methyl sites for hydroxylation is 1. The lowest BCUT2D eigenvalue weighted by molar-refractivity contribution is -0.132. The number of nitrogens with one attached hydrogen (secondary N) is 1. The number of nitrogen functional groups attached to an aromatic ring is 1. The van der Waals surface area contributed by atoms with E-state index in [1.54, 1.807) is 31.2 Å². The maximum Gasteiger partial charge on any atom is 0.355 e. The zero-order chi connectivity index (χ0) is 17.7. The van der Waals surface area contributed by atoms with E-state index in [0.717, 1.165) is 4.68 Å². The number of methoxy groups -OCH3 is 1. The number of esters is 1. The number of nitriles is 1. The van der Waals surface area contributed by atoms with Gasteiger partial charge in [-0.05, 0) is 24.6 Å². The van der Waals surface area contributed by atoms with Crippen molar-refractivity contribution in [3.63, 3.8) is 0 Å². The lowest BCUT2D eigenvalue weighted by atomic mass is 9.95. The summed E-state index contributed by atoms with van der Waals surface area (Å²) in [6, 6.07) is 8.51. The van der Waals surface area contributed by atoms with Crippen LogP contribution in [0.5, 0.6) is 0 Å². The first-order valence-electron chi connectivity index (χ1n) is 6.72. The van der Waals surface area contributed by atoms with Crippen LogP contribution in [0.25, 0.3) is 0 Å². The minimum absolute atomic E-state index is 0.113. The molecule has 0 amide bonds. The number of hydrazone groups is 1. The lowest BCUT2D eigenvalue weighted by Gasteiger charge is -2.11. The first kappa shape index (κ1) is 17.2. The van der Waals surface area contributed by atoms with Crippen molar-refractivity contribution in [2.75, 3.05) is 18.4 Å². The number of aromatic nitrogens is 3. The second-order valence-electron chi connectivity index (χ2n) is 4.65. The Hall–Kier alpha value is -3.12. The molecule has 10 heteroatoms. The fraction of sp³-hybridized carbons (Fsp3) is 0.214. The average Bonchev–Trinajstić information content (AvgIpc) is 2.91. The van der Waals surface area contributed by atoms with Gasteiger partial charge in [-0.1, -0.05) is 23.7 Å². The quantitative estimate of drug-likeness (QED) is 0.359. The summed E-state index contributed by atoms with van der Waals surface area (Å²) in [5, 5.41) is 21.4. The minimum atomic E-state index is -0.961. The van der Waals surface area contributed by atoms with Gasteiger partial charge in [0, 0.05) is 5.02 Å². The molecule has 2 rings (SSSR count). The van der Waals surface area contributed by atoms with Crippen LogP contribution in [0.1, 0.15) is 17.3 Å². The van der Waals surface area contributed by atoms with Gasteiger partial charge in [0.25, 0.3) is 5.95 Å². The van der Waals surface area contributed by atoms with Crippen LogP contribution < -0.4 is 11.3 Å². The predicted molar refractivity (Wildman–Crippen MR) is 87.8 cm³/mol. The molecular weight excluding hydrogens is 334 g/mol. The molecule has 0 radical (unpaired) electrons. The molecule has 2 aromatic rings. The minimum Gasteiger partial charge on any atom is -0.464 e. The number of halogens is 1. The number of nitrogens with zero attached hydrogens (tertiary/aromatic N) is 5. The number of ether oxygens (including phenoxy) is 1.